The lowest BCUT2D eigenvalue weighted by molar-refractivity contribution is 0.315. The predicted octanol–water partition coefficient (Wildman–Crippen LogP) is 1.67. The molecule has 0 radical (unpaired) electrons. The van der Waals surface area contributed by atoms with Gasteiger partial charge in [-0.05, 0) is 24.1 Å². The van der Waals surface area contributed by atoms with Gasteiger partial charge in [-0.1, -0.05) is 6.92 Å². The van der Waals surface area contributed by atoms with Crippen LogP contribution in [0.5, 0.6) is 0 Å². The van der Waals surface area contributed by atoms with Crippen LogP contribution in [0, 0.1) is 5.92 Å². The number of hydrogen-bond donors (Lipinski definition) is 2. The van der Waals surface area contributed by atoms with Crippen molar-refractivity contribution >= 4 is 12.4 Å². The normalized spacial score (nSPS) is 22.7. The molecule has 0 saturated carbocycles. The van der Waals surface area contributed by atoms with E-state index >= 15 is 0 Å². The summed E-state index contributed by atoms with van der Waals surface area (Å²) in [7, 11) is 0. The van der Waals surface area contributed by atoms with E-state index in [1.165, 1.54) is 0 Å². The molecule has 5 nitrogen and oxygen atoms in total. The van der Waals surface area contributed by atoms with E-state index in [2.05, 4.69) is 33.1 Å². The Kier molecular flexibility index (Phi) is 4.75. The fourth-order valence-electron chi connectivity index (χ4n) is 2.57. The van der Waals surface area contributed by atoms with Gasteiger partial charge in [-0.15, -0.1) is 12.4 Å². The Morgan fingerprint density at radius 1 is 1.45 bits per heavy atom. The lowest BCUT2D eigenvalue weighted by atomic mass is 10.1. The van der Waals surface area contributed by atoms with Gasteiger partial charge < -0.3 is 5.73 Å². The highest BCUT2D eigenvalue weighted by atomic mass is 35.5. The van der Waals surface area contributed by atoms with E-state index in [4.69, 9.17) is 5.73 Å². The molecule has 0 aliphatic carbocycles. The highest BCUT2D eigenvalue weighted by Crippen LogP contribution is 2.20. The third kappa shape index (κ3) is 3.17. The number of hydrogen-bond acceptors (Lipinski definition) is 4. The lowest BCUT2D eigenvalue weighted by Gasteiger charge is -2.13. The zero-order valence-electron chi connectivity index (χ0n) is 11.5. The number of rotatable bonds is 3. The van der Waals surface area contributed by atoms with Gasteiger partial charge in [-0.25, -0.2) is 0 Å². The van der Waals surface area contributed by atoms with Crippen LogP contribution in [0.4, 0.5) is 0 Å². The molecule has 3 N–H and O–H groups in total. The van der Waals surface area contributed by atoms with E-state index in [0.29, 0.717) is 12.0 Å². The smallest absolute Gasteiger partial charge is 0.0939 e. The molecule has 1 aliphatic rings. The average molecular weight is 294 g/mol. The zero-order chi connectivity index (χ0) is 13.2. The molecule has 20 heavy (non-hydrogen) atoms. The first-order chi connectivity index (χ1) is 9.22. The Balaban J connectivity index is 0.00000147. The van der Waals surface area contributed by atoms with Crippen LogP contribution >= 0.6 is 12.4 Å². The fraction of sp³-hybridized carbons (Fsp3) is 0.429. The lowest BCUT2D eigenvalue weighted by Crippen LogP contribution is -2.28. The molecular formula is C14H20ClN5. The maximum atomic E-state index is 6.04. The Morgan fingerprint density at radius 3 is 2.95 bits per heavy atom. The molecule has 108 valence electrons. The van der Waals surface area contributed by atoms with E-state index in [1.54, 1.807) is 6.20 Å². The maximum absolute atomic E-state index is 6.04. The second kappa shape index (κ2) is 6.35. The van der Waals surface area contributed by atoms with Crippen LogP contribution in [-0.2, 0) is 6.54 Å². The summed E-state index contributed by atoms with van der Waals surface area (Å²) in [6, 6.07) is 6.32. The number of aromatic nitrogens is 3. The van der Waals surface area contributed by atoms with Gasteiger partial charge in [0.25, 0.3) is 0 Å². The summed E-state index contributed by atoms with van der Waals surface area (Å²) >= 11 is 0. The summed E-state index contributed by atoms with van der Waals surface area (Å²) in [6.07, 6.45) is 3.60. The van der Waals surface area contributed by atoms with Gasteiger partial charge in [0.05, 0.1) is 5.69 Å². The van der Waals surface area contributed by atoms with Gasteiger partial charge >= 0.3 is 0 Å². The molecule has 2 aromatic rings. The van der Waals surface area contributed by atoms with Crippen LogP contribution in [0.3, 0.4) is 0 Å². The maximum Gasteiger partial charge on any atom is 0.0939 e. The number of nitrogens with one attached hydrogen (secondary N) is 1. The SMILES string of the molecule is CC1CN(Cc2cc(-c3cccnc3)n[nH]2)CC1N.Cl. The van der Waals surface area contributed by atoms with Crippen molar-refractivity contribution in [1.29, 1.82) is 0 Å². The Bertz CT molecular complexity index is 532. The fourth-order valence-corrected chi connectivity index (χ4v) is 2.57. The highest BCUT2D eigenvalue weighted by molar-refractivity contribution is 5.85. The summed E-state index contributed by atoms with van der Waals surface area (Å²) in [5.74, 6) is 0.570. The second-order valence-corrected chi connectivity index (χ2v) is 5.36. The van der Waals surface area contributed by atoms with Crippen molar-refractivity contribution in [3.05, 3.63) is 36.3 Å². The number of likely N-dealkylation sites (tertiary alicyclic amines) is 1. The van der Waals surface area contributed by atoms with Crippen LogP contribution < -0.4 is 5.73 Å². The van der Waals surface area contributed by atoms with Crippen molar-refractivity contribution < 1.29 is 0 Å². The van der Waals surface area contributed by atoms with E-state index < -0.39 is 0 Å². The van der Waals surface area contributed by atoms with E-state index in [0.717, 1.165) is 36.6 Å². The van der Waals surface area contributed by atoms with Gasteiger partial charge in [-0.3, -0.25) is 15.0 Å². The first-order valence-electron chi connectivity index (χ1n) is 6.65. The van der Waals surface area contributed by atoms with Crippen LogP contribution in [0.25, 0.3) is 11.3 Å². The summed E-state index contributed by atoms with van der Waals surface area (Å²) in [5.41, 5.74) is 9.15. The summed E-state index contributed by atoms with van der Waals surface area (Å²) in [5, 5.41) is 7.44. The molecule has 0 bridgehead atoms. The number of halogens is 1. The Labute approximate surface area is 125 Å². The van der Waals surface area contributed by atoms with E-state index in [1.807, 2.05) is 18.3 Å². The molecule has 1 fully saturated rings. The first kappa shape index (κ1) is 15.0. The Hall–Kier alpha value is -1.43. The topological polar surface area (TPSA) is 70.8 Å². The zero-order valence-corrected chi connectivity index (χ0v) is 12.3. The highest BCUT2D eigenvalue weighted by Gasteiger charge is 2.26. The molecular weight excluding hydrogens is 274 g/mol. The second-order valence-electron chi connectivity index (χ2n) is 5.36. The van der Waals surface area contributed by atoms with Gasteiger partial charge in [0, 0.05) is 49.3 Å². The predicted molar refractivity (Wildman–Crippen MR) is 81.5 cm³/mol. The monoisotopic (exact) mass is 293 g/mol. The molecule has 0 amide bonds. The molecule has 3 heterocycles. The van der Waals surface area contributed by atoms with Gasteiger partial charge in [0.1, 0.15) is 0 Å². The van der Waals surface area contributed by atoms with Gasteiger partial charge in [0.2, 0.25) is 0 Å². The first-order valence-corrected chi connectivity index (χ1v) is 6.65. The summed E-state index contributed by atoms with van der Waals surface area (Å²) < 4.78 is 0. The molecule has 0 spiro atoms. The molecule has 1 saturated heterocycles. The molecule has 1 aliphatic heterocycles. The number of nitrogens with zero attached hydrogens (tertiary/aromatic N) is 3. The van der Waals surface area contributed by atoms with Crippen molar-refractivity contribution in [2.24, 2.45) is 11.7 Å². The van der Waals surface area contributed by atoms with Gasteiger partial charge in [0.15, 0.2) is 0 Å². The van der Waals surface area contributed by atoms with Crippen LogP contribution in [0.1, 0.15) is 12.6 Å². The minimum Gasteiger partial charge on any atom is -0.326 e. The van der Waals surface area contributed by atoms with Crippen molar-refractivity contribution in [3.8, 4) is 11.3 Å². The van der Waals surface area contributed by atoms with Crippen molar-refractivity contribution in [2.45, 2.75) is 19.5 Å². The number of nitrogens with two attached hydrogens (primary N) is 1. The van der Waals surface area contributed by atoms with Crippen LogP contribution in [0.15, 0.2) is 30.6 Å². The van der Waals surface area contributed by atoms with Crippen molar-refractivity contribution in [3.63, 3.8) is 0 Å². The molecule has 2 unspecified atom stereocenters. The number of pyridine rings is 1. The molecule has 6 heteroatoms. The minimum absolute atomic E-state index is 0. The van der Waals surface area contributed by atoms with Crippen molar-refractivity contribution in [1.82, 2.24) is 20.1 Å². The van der Waals surface area contributed by atoms with Crippen molar-refractivity contribution in [2.75, 3.05) is 13.1 Å². The largest absolute Gasteiger partial charge is 0.326 e. The average Bonchev–Trinajstić information content (AvgIpc) is 2.99. The summed E-state index contributed by atoms with van der Waals surface area (Å²) in [4.78, 5) is 6.48. The number of H-pyrrole nitrogens is 1. The molecule has 2 atom stereocenters. The Morgan fingerprint density at radius 2 is 2.30 bits per heavy atom. The molecule has 0 aromatic carbocycles. The summed E-state index contributed by atoms with van der Waals surface area (Å²) in [6.45, 7) is 5.11. The number of aromatic amines is 1. The van der Waals surface area contributed by atoms with E-state index in [-0.39, 0.29) is 12.4 Å². The van der Waals surface area contributed by atoms with Crippen LogP contribution in [0.2, 0.25) is 0 Å². The molecule has 2 aromatic heterocycles. The standard InChI is InChI=1S/C14H19N5.ClH/c1-10-7-19(9-13(10)15)8-12-5-14(18-17-12)11-3-2-4-16-6-11;/h2-6,10,13H,7-9,15H2,1H3,(H,17,18);1H. The molecule has 3 rings (SSSR count). The quantitative estimate of drug-likeness (QED) is 0.903. The third-order valence-corrected chi connectivity index (χ3v) is 3.73. The van der Waals surface area contributed by atoms with Gasteiger partial charge in [-0.2, -0.15) is 5.10 Å². The third-order valence-electron chi connectivity index (χ3n) is 3.73. The minimum atomic E-state index is 0. The van der Waals surface area contributed by atoms with Crippen LogP contribution in [-0.4, -0.2) is 39.2 Å². The van der Waals surface area contributed by atoms with E-state index in [9.17, 15) is 0 Å².